The zero-order valence-corrected chi connectivity index (χ0v) is 10.2. The molecule has 15 heavy (non-hydrogen) atoms. The van der Waals surface area contributed by atoms with Gasteiger partial charge >= 0.3 is 5.97 Å². The highest BCUT2D eigenvalue weighted by molar-refractivity contribution is 8.00. The van der Waals surface area contributed by atoms with Crippen LogP contribution in [0.4, 0.5) is 5.69 Å². The first-order chi connectivity index (χ1) is 7.04. The van der Waals surface area contributed by atoms with Crippen molar-refractivity contribution in [3.8, 4) is 0 Å². The summed E-state index contributed by atoms with van der Waals surface area (Å²) in [5.74, 6) is -0.121. The number of methoxy groups -OCH3 is 1. The van der Waals surface area contributed by atoms with Crippen molar-refractivity contribution in [3.63, 3.8) is 0 Å². The third-order valence-electron chi connectivity index (χ3n) is 1.63. The molecule has 0 spiro atoms. The molecule has 6 heteroatoms. The first-order valence-electron chi connectivity index (χ1n) is 3.98. The number of esters is 1. The maximum Gasteiger partial charge on any atom is 0.315 e. The minimum atomic E-state index is -0.314. The van der Waals surface area contributed by atoms with Crippen LogP contribution in [0.3, 0.4) is 0 Å². The highest BCUT2D eigenvalue weighted by Gasteiger charge is 2.08. The standard InChI is InChI=1S/C9H9Cl2NO2S/c1-14-9(13)4-15-8-3-6(11)5(10)2-7(8)12/h2-3H,4,12H2,1H3. The van der Waals surface area contributed by atoms with Gasteiger partial charge in [-0.2, -0.15) is 0 Å². The second kappa shape index (κ2) is 5.49. The Morgan fingerprint density at radius 3 is 2.67 bits per heavy atom. The number of anilines is 1. The number of nitrogens with two attached hydrogens (primary N) is 1. The number of carbonyl (C=O) groups excluding carboxylic acids is 1. The molecule has 0 unspecified atom stereocenters. The molecule has 0 radical (unpaired) electrons. The van der Waals surface area contributed by atoms with Crippen molar-refractivity contribution in [2.24, 2.45) is 0 Å². The molecule has 1 rings (SSSR count). The first kappa shape index (κ1) is 12.5. The average molecular weight is 266 g/mol. The molecule has 1 aromatic rings. The van der Waals surface area contributed by atoms with Gasteiger partial charge in [-0.05, 0) is 12.1 Å². The summed E-state index contributed by atoms with van der Waals surface area (Å²) in [6.07, 6.45) is 0. The second-order valence-corrected chi connectivity index (χ2v) is 4.50. The minimum Gasteiger partial charge on any atom is -0.468 e. The molecule has 0 heterocycles. The maximum atomic E-state index is 10.9. The van der Waals surface area contributed by atoms with Gasteiger partial charge in [0.2, 0.25) is 0 Å². The van der Waals surface area contributed by atoms with Gasteiger partial charge in [-0.15, -0.1) is 11.8 Å². The quantitative estimate of drug-likeness (QED) is 0.519. The number of nitrogen functional groups attached to an aromatic ring is 1. The second-order valence-electron chi connectivity index (χ2n) is 2.67. The predicted octanol–water partition coefficient (Wildman–Crippen LogP) is 2.84. The zero-order valence-electron chi connectivity index (χ0n) is 7.92. The molecule has 2 N–H and O–H groups in total. The monoisotopic (exact) mass is 265 g/mol. The lowest BCUT2D eigenvalue weighted by Gasteiger charge is -2.06. The SMILES string of the molecule is COC(=O)CSc1cc(Cl)c(Cl)cc1N. The van der Waals surface area contributed by atoms with E-state index >= 15 is 0 Å². The van der Waals surface area contributed by atoms with Crippen LogP contribution in [0.2, 0.25) is 10.0 Å². The van der Waals surface area contributed by atoms with Gasteiger partial charge in [-0.1, -0.05) is 23.2 Å². The summed E-state index contributed by atoms with van der Waals surface area (Å²) in [4.78, 5) is 11.6. The summed E-state index contributed by atoms with van der Waals surface area (Å²) >= 11 is 12.8. The molecule has 0 aliphatic heterocycles. The number of hydrogen-bond donors (Lipinski definition) is 1. The highest BCUT2D eigenvalue weighted by Crippen LogP contribution is 2.33. The van der Waals surface area contributed by atoms with Crippen LogP contribution in [0, 0.1) is 0 Å². The predicted molar refractivity (Wildman–Crippen MR) is 63.6 cm³/mol. The topological polar surface area (TPSA) is 52.3 Å². The Balaban J connectivity index is 2.77. The Morgan fingerprint density at radius 2 is 2.07 bits per heavy atom. The van der Waals surface area contributed by atoms with Crippen LogP contribution in [0.1, 0.15) is 0 Å². The maximum absolute atomic E-state index is 10.9. The van der Waals surface area contributed by atoms with Crippen LogP contribution >= 0.6 is 35.0 Å². The van der Waals surface area contributed by atoms with Crippen molar-refractivity contribution >= 4 is 46.6 Å². The molecule has 0 atom stereocenters. The Morgan fingerprint density at radius 1 is 1.47 bits per heavy atom. The number of thioether (sulfide) groups is 1. The molecule has 0 aliphatic rings. The van der Waals surface area contributed by atoms with Gasteiger partial charge < -0.3 is 10.5 Å². The molecule has 82 valence electrons. The van der Waals surface area contributed by atoms with E-state index in [1.54, 1.807) is 12.1 Å². The van der Waals surface area contributed by atoms with E-state index in [1.165, 1.54) is 18.9 Å². The average Bonchev–Trinajstić information content (AvgIpc) is 2.21. The normalized spacial score (nSPS) is 10.1. The smallest absolute Gasteiger partial charge is 0.315 e. The van der Waals surface area contributed by atoms with Crippen LogP contribution in [0.5, 0.6) is 0 Å². The minimum absolute atomic E-state index is 0.193. The number of benzene rings is 1. The van der Waals surface area contributed by atoms with Crippen LogP contribution in [-0.2, 0) is 9.53 Å². The molecule has 0 aliphatic carbocycles. The van der Waals surface area contributed by atoms with E-state index in [0.29, 0.717) is 15.7 Å². The summed E-state index contributed by atoms with van der Waals surface area (Å²) < 4.78 is 4.51. The number of ether oxygens (including phenoxy) is 1. The number of carbonyl (C=O) groups is 1. The number of rotatable bonds is 3. The van der Waals surface area contributed by atoms with Crippen molar-refractivity contribution in [3.05, 3.63) is 22.2 Å². The van der Waals surface area contributed by atoms with Crippen molar-refractivity contribution in [1.29, 1.82) is 0 Å². The third-order valence-corrected chi connectivity index (χ3v) is 3.39. The van der Waals surface area contributed by atoms with Gasteiger partial charge in [0.25, 0.3) is 0 Å². The summed E-state index contributed by atoms with van der Waals surface area (Å²) in [5.41, 5.74) is 6.20. The number of halogens is 2. The van der Waals surface area contributed by atoms with Crippen LogP contribution in [-0.4, -0.2) is 18.8 Å². The summed E-state index contributed by atoms with van der Waals surface area (Å²) in [7, 11) is 1.33. The lowest BCUT2D eigenvalue weighted by Crippen LogP contribution is -2.03. The lowest BCUT2D eigenvalue weighted by molar-refractivity contribution is -0.137. The molecule has 0 aromatic heterocycles. The Bertz CT molecular complexity index is 385. The van der Waals surface area contributed by atoms with E-state index in [0.717, 1.165) is 4.90 Å². The summed E-state index contributed by atoms with van der Waals surface area (Å²) in [5, 5.41) is 0.815. The molecule has 0 saturated heterocycles. The van der Waals surface area contributed by atoms with Crippen LogP contribution in [0.15, 0.2) is 17.0 Å². The molecule has 0 bridgehead atoms. The fourth-order valence-electron chi connectivity index (χ4n) is 0.865. The van der Waals surface area contributed by atoms with Crippen molar-refractivity contribution < 1.29 is 9.53 Å². The van der Waals surface area contributed by atoms with E-state index in [2.05, 4.69) is 4.74 Å². The van der Waals surface area contributed by atoms with E-state index in [4.69, 9.17) is 28.9 Å². The molecule has 1 aromatic carbocycles. The van der Waals surface area contributed by atoms with Gasteiger partial charge in [-0.3, -0.25) is 4.79 Å². The van der Waals surface area contributed by atoms with E-state index in [1.807, 2.05) is 0 Å². The molecular weight excluding hydrogens is 257 g/mol. The summed E-state index contributed by atoms with van der Waals surface area (Å²) in [6, 6.07) is 3.19. The summed E-state index contributed by atoms with van der Waals surface area (Å²) in [6.45, 7) is 0. The first-order valence-corrected chi connectivity index (χ1v) is 5.73. The largest absolute Gasteiger partial charge is 0.468 e. The Labute approximate surface area is 102 Å². The van der Waals surface area contributed by atoms with Crippen molar-refractivity contribution in [1.82, 2.24) is 0 Å². The third kappa shape index (κ3) is 3.48. The fourth-order valence-corrected chi connectivity index (χ4v) is 2.08. The van der Waals surface area contributed by atoms with Gasteiger partial charge in [-0.25, -0.2) is 0 Å². The van der Waals surface area contributed by atoms with E-state index in [-0.39, 0.29) is 11.7 Å². The number of hydrogen-bond acceptors (Lipinski definition) is 4. The van der Waals surface area contributed by atoms with Crippen LogP contribution < -0.4 is 5.73 Å². The zero-order chi connectivity index (χ0) is 11.4. The van der Waals surface area contributed by atoms with Gasteiger partial charge in [0, 0.05) is 10.6 Å². The molecule has 0 fully saturated rings. The van der Waals surface area contributed by atoms with Crippen molar-refractivity contribution in [2.75, 3.05) is 18.6 Å². The highest BCUT2D eigenvalue weighted by atomic mass is 35.5. The van der Waals surface area contributed by atoms with E-state index < -0.39 is 0 Å². The van der Waals surface area contributed by atoms with Gasteiger partial charge in [0.05, 0.1) is 22.9 Å². The Hall–Kier alpha value is -0.580. The van der Waals surface area contributed by atoms with Crippen molar-refractivity contribution in [2.45, 2.75) is 4.90 Å². The molecule has 0 amide bonds. The molecule has 0 saturated carbocycles. The fraction of sp³-hybridized carbons (Fsp3) is 0.222. The Kier molecular flexibility index (Phi) is 4.57. The van der Waals surface area contributed by atoms with E-state index in [9.17, 15) is 4.79 Å². The lowest BCUT2D eigenvalue weighted by atomic mass is 10.3. The van der Waals surface area contributed by atoms with Gasteiger partial charge in [0.1, 0.15) is 0 Å². The molecular formula is C9H9Cl2NO2S. The molecule has 3 nitrogen and oxygen atoms in total. The van der Waals surface area contributed by atoms with Gasteiger partial charge in [0.15, 0.2) is 0 Å². The van der Waals surface area contributed by atoms with Crippen LogP contribution in [0.25, 0.3) is 0 Å².